The number of hydrogen-bond acceptors (Lipinski definition) is 6. The Morgan fingerprint density at radius 3 is 2.74 bits per heavy atom. The van der Waals surface area contributed by atoms with Crippen molar-refractivity contribution in [1.29, 1.82) is 0 Å². The number of rotatable bonds is 8. The van der Waals surface area contributed by atoms with Gasteiger partial charge in [-0.1, -0.05) is 13.3 Å². The molecule has 1 saturated heterocycles. The van der Waals surface area contributed by atoms with Gasteiger partial charge in [-0.2, -0.15) is 0 Å². The largest absolute Gasteiger partial charge is 0.355 e. The van der Waals surface area contributed by atoms with Gasteiger partial charge >= 0.3 is 0 Å². The van der Waals surface area contributed by atoms with Gasteiger partial charge in [0.1, 0.15) is 0 Å². The second-order valence-electron chi connectivity index (χ2n) is 7.46. The Labute approximate surface area is 161 Å². The molecule has 8 nitrogen and oxygen atoms in total. The fraction of sp³-hybridized carbons (Fsp3) is 0.722. The van der Waals surface area contributed by atoms with E-state index in [-0.39, 0.29) is 24.1 Å². The number of piperidine rings is 1. The van der Waals surface area contributed by atoms with Gasteiger partial charge in [-0.15, -0.1) is 0 Å². The standard InChI is InChI=1S/C18H29N5O3S/c1-3-4-13-10-21-18(22-11-13)23-7-5-14-9-15(16(14)12-23)17(24)20-6-8-27(25,26)19-2/h10-11,14-16,19H,3-9,12H2,1-2H3,(H,20,24)/t14-,15-,16-/m1/s1. The Morgan fingerprint density at radius 2 is 2.07 bits per heavy atom. The molecule has 1 saturated carbocycles. The van der Waals surface area contributed by atoms with Gasteiger partial charge in [-0.05, 0) is 43.7 Å². The van der Waals surface area contributed by atoms with Crippen molar-refractivity contribution in [3.8, 4) is 0 Å². The average molecular weight is 396 g/mol. The molecule has 1 aromatic heterocycles. The number of carbonyl (C=O) groups excluding carboxylic acids is 1. The molecule has 0 radical (unpaired) electrons. The van der Waals surface area contributed by atoms with E-state index in [1.54, 1.807) is 0 Å². The molecule has 1 aliphatic heterocycles. The van der Waals surface area contributed by atoms with Crippen molar-refractivity contribution in [2.75, 3.05) is 37.3 Å². The molecule has 2 N–H and O–H groups in total. The molecule has 27 heavy (non-hydrogen) atoms. The Balaban J connectivity index is 1.53. The van der Waals surface area contributed by atoms with E-state index in [2.05, 4.69) is 31.8 Å². The minimum Gasteiger partial charge on any atom is -0.355 e. The molecule has 0 spiro atoms. The number of fused-ring (bicyclic) bond motifs is 1. The summed E-state index contributed by atoms with van der Waals surface area (Å²) in [6, 6.07) is 0. The topological polar surface area (TPSA) is 104 Å². The number of aryl methyl sites for hydroxylation is 1. The van der Waals surface area contributed by atoms with E-state index in [1.165, 1.54) is 7.05 Å². The van der Waals surface area contributed by atoms with Gasteiger partial charge in [0.2, 0.25) is 21.9 Å². The maximum atomic E-state index is 12.4. The van der Waals surface area contributed by atoms with Gasteiger partial charge in [0, 0.05) is 37.9 Å². The molecule has 3 atom stereocenters. The summed E-state index contributed by atoms with van der Waals surface area (Å²) >= 11 is 0. The van der Waals surface area contributed by atoms with Crippen LogP contribution in [0.15, 0.2) is 12.4 Å². The van der Waals surface area contributed by atoms with E-state index >= 15 is 0 Å². The lowest BCUT2D eigenvalue weighted by atomic mass is 9.61. The van der Waals surface area contributed by atoms with Crippen molar-refractivity contribution in [2.24, 2.45) is 17.8 Å². The number of anilines is 1. The maximum absolute atomic E-state index is 12.4. The molecule has 0 unspecified atom stereocenters. The van der Waals surface area contributed by atoms with E-state index < -0.39 is 10.0 Å². The average Bonchev–Trinajstić information content (AvgIpc) is 2.63. The molecule has 150 valence electrons. The van der Waals surface area contributed by atoms with Gasteiger partial charge in [0.25, 0.3) is 0 Å². The van der Waals surface area contributed by atoms with Crippen LogP contribution in [0.5, 0.6) is 0 Å². The molecule has 2 aliphatic rings. The van der Waals surface area contributed by atoms with Crippen LogP contribution in [0, 0.1) is 17.8 Å². The number of sulfonamides is 1. The smallest absolute Gasteiger partial charge is 0.225 e. The number of nitrogens with one attached hydrogen (secondary N) is 2. The summed E-state index contributed by atoms with van der Waals surface area (Å²) in [5, 5.41) is 2.78. The molecule has 9 heteroatoms. The first kappa shape index (κ1) is 20.0. The first-order valence-corrected chi connectivity index (χ1v) is 11.3. The van der Waals surface area contributed by atoms with Crippen LogP contribution in [-0.4, -0.2) is 56.7 Å². The Hall–Kier alpha value is -1.74. The van der Waals surface area contributed by atoms with Crippen molar-refractivity contribution in [2.45, 2.75) is 32.6 Å². The summed E-state index contributed by atoms with van der Waals surface area (Å²) in [4.78, 5) is 23.6. The minimum atomic E-state index is -3.30. The molecule has 1 aromatic rings. The highest BCUT2D eigenvalue weighted by molar-refractivity contribution is 7.89. The monoisotopic (exact) mass is 395 g/mol. The van der Waals surface area contributed by atoms with Crippen molar-refractivity contribution in [1.82, 2.24) is 20.0 Å². The van der Waals surface area contributed by atoms with Gasteiger partial charge in [-0.3, -0.25) is 4.79 Å². The number of carbonyl (C=O) groups is 1. The fourth-order valence-electron chi connectivity index (χ4n) is 4.04. The Kier molecular flexibility index (Phi) is 6.31. The van der Waals surface area contributed by atoms with Crippen LogP contribution < -0.4 is 14.9 Å². The quantitative estimate of drug-likeness (QED) is 0.666. The molecule has 1 aliphatic carbocycles. The van der Waals surface area contributed by atoms with E-state index in [4.69, 9.17) is 0 Å². The lowest BCUT2D eigenvalue weighted by Crippen LogP contribution is -2.55. The van der Waals surface area contributed by atoms with Gasteiger partial charge in [0.15, 0.2) is 0 Å². The second-order valence-corrected chi connectivity index (χ2v) is 9.50. The molecule has 0 aromatic carbocycles. The third-order valence-corrected chi connectivity index (χ3v) is 7.07. The predicted molar refractivity (Wildman–Crippen MR) is 104 cm³/mol. The summed E-state index contributed by atoms with van der Waals surface area (Å²) in [5.41, 5.74) is 1.15. The molecular formula is C18H29N5O3S. The van der Waals surface area contributed by atoms with Crippen LogP contribution in [0.3, 0.4) is 0 Å². The van der Waals surface area contributed by atoms with Crippen molar-refractivity contribution >= 4 is 21.9 Å². The van der Waals surface area contributed by atoms with E-state index in [0.717, 1.165) is 50.3 Å². The summed E-state index contributed by atoms with van der Waals surface area (Å²) < 4.78 is 25.1. The molecule has 3 rings (SSSR count). The lowest BCUT2D eigenvalue weighted by molar-refractivity contribution is -0.133. The normalized spacial score (nSPS) is 24.8. The third kappa shape index (κ3) is 4.76. The lowest BCUT2D eigenvalue weighted by Gasteiger charge is -2.50. The number of nitrogens with zero attached hydrogens (tertiary/aromatic N) is 3. The molecular weight excluding hydrogens is 366 g/mol. The number of amides is 1. The summed E-state index contributed by atoms with van der Waals surface area (Å²) in [7, 11) is -1.92. The minimum absolute atomic E-state index is 0.0383. The van der Waals surface area contributed by atoms with E-state index in [9.17, 15) is 13.2 Å². The van der Waals surface area contributed by atoms with Crippen molar-refractivity contribution < 1.29 is 13.2 Å². The van der Waals surface area contributed by atoms with Crippen LogP contribution in [0.1, 0.15) is 31.7 Å². The molecule has 0 bridgehead atoms. The molecule has 2 heterocycles. The Bertz CT molecular complexity index is 753. The van der Waals surface area contributed by atoms with Crippen LogP contribution in [0.25, 0.3) is 0 Å². The summed E-state index contributed by atoms with van der Waals surface area (Å²) in [5.74, 6) is 1.41. The van der Waals surface area contributed by atoms with Crippen LogP contribution in [0.4, 0.5) is 5.95 Å². The van der Waals surface area contributed by atoms with Crippen molar-refractivity contribution in [3.05, 3.63) is 18.0 Å². The Morgan fingerprint density at radius 1 is 1.33 bits per heavy atom. The van der Waals surface area contributed by atoms with Crippen LogP contribution >= 0.6 is 0 Å². The zero-order chi connectivity index (χ0) is 19.4. The predicted octanol–water partition coefficient (Wildman–Crippen LogP) is 0.557. The van der Waals surface area contributed by atoms with Gasteiger partial charge in [0.05, 0.1) is 5.75 Å². The highest BCUT2D eigenvalue weighted by atomic mass is 32.2. The number of hydrogen-bond donors (Lipinski definition) is 2. The molecule has 2 fully saturated rings. The third-order valence-electron chi connectivity index (χ3n) is 5.71. The van der Waals surface area contributed by atoms with E-state index in [0.29, 0.717) is 11.8 Å². The van der Waals surface area contributed by atoms with Gasteiger partial charge in [-0.25, -0.2) is 23.1 Å². The number of aromatic nitrogens is 2. The highest BCUT2D eigenvalue weighted by Crippen LogP contribution is 2.46. The first-order chi connectivity index (χ1) is 12.9. The summed E-state index contributed by atoms with van der Waals surface area (Å²) in [6.07, 6.45) is 7.78. The SMILES string of the molecule is CCCc1cnc(N2CC[C@@H]3C[C@@H](C(=O)NCCS(=O)(=O)NC)[C@@H]3C2)nc1. The zero-order valence-corrected chi connectivity index (χ0v) is 16.8. The second kappa shape index (κ2) is 8.52. The van der Waals surface area contributed by atoms with E-state index in [1.807, 2.05) is 12.4 Å². The fourth-order valence-corrected chi connectivity index (χ4v) is 4.61. The van der Waals surface area contributed by atoms with Gasteiger partial charge < -0.3 is 10.2 Å². The summed E-state index contributed by atoms with van der Waals surface area (Å²) in [6.45, 7) is 3.98. The van der Waals surface area contributed by atoms with Crippen LogP contribution in [0.2, 0.25) is 0 Å². The maximum Gasteiger partial charge on any atom is 0.225 e. The molecule has 1 amide bonds. The zero-order valence-electron chi connectivity index (χ0n) is 16.0. The van der Waals surface area contributed by atoms with Crippen LogP contribution in [-0.2, 0) is 21.2 Å². The first-order valence-electron chi connectivity index (χ1n) is 9.68. The van der Waals surface area contributed by atoms with Crippen molar-refractivity contribution in [3.63, 3.8) is 0 Å². The highest BCUT2D eigenvalue weighted by Gasteiger charge is 2.47.